The lowest BCUT2D eigenvalue weighted by molar-refractivity contribution is -0.132. The molecule has 0 spiro atoms. The fraction of sp³-hybridized carbons (Fsp3) is 0.438. The number of Topliss-reactive ketones (excluding diaryl/α,β-unsaturated/α-hetero) is 1. The van der Waals surface area contributed by atoms with Crippen LogP contribution in [-0.4, -0.2) is 90.5 Å². The van der Waals surface area contributed by atoms with Crippen LogP contribution < -0.4 is 14.2 Å². The molecule has 2 aromatic carbocycles. The third-order valence-electron chi connectivity index (χ3n) is 8.42. The average Bonchev–Trinajstić information content (AvgIpc) is 3.74. The number of rotatable bonds is 9. The predicted octanol–water partition coefficient (Wildman–Crippen LogP) is 4.21. The zero-order valence-electron chi connectivity index (χ0n) is 24.3. The summed E-state index contributed by atoms with van der Waals surface area (Å²) >= 11 is 1.54. The molecule has 43 heavy (non-hydrogen) atoms. The smallest absolute Gasteiger partial charge is 0.273 e. The van der Waals surface area contributed by atoms with Gasteiger partial charge in [0.05, 0.1) is 12.1 Å². The van der Waals surface area contributed by atoms with Crippen LogP contribution in [0.2, 0.25) is 0 Å². The molecule has 0 atom stereocenters. The lowest BCUT2D eigenvalue weighted by Crippen LogP contribution is -2.48. The van der Waals surface area contributed by atoms with E-state index in [1.54, 1.807) is 31.4 Å². The van der Waals surface area contributed by atoms with Gasteiger partial charge in [-0.05, 0) is 54.8 Å². The van der Waals surface area contributed by atoms with Gasteiger partial charge < -0.3 is 24.0 Å². The largest absolute Gasteiger partial charge is 0.497 e. The van der Waals surface area contributed by atoms with Gasteiger partial charge in [-0.25, -0.2) is 4.98 Å². The van der Waals surface area contributed by atoms with E-state index >= 15 is 0 Å². The van der Waals surface area contributed by atoms with Crippen molar-refractivity contribution in [2.75, 3.05) is 53.2 Å². The van der Waals surface area contributed by atoms with Gasteiger partial charge in [0, 0.05) is 75.5 Å². The Morgan fingerprint density at radius 2 is 1.65 bits per heavy atom. The second kappa shape index (κ2) is 13.1. The highest BCUT2D eigenvalue weighted by atomic mass is 32.1. The summed E-state index contributed by atoms with van der Waals surface area (Å²) in [5.41, 5.74) is 2.27. The summed E-state index contributed by atoms with van der Waals surface area (Å²) in [6.45, 7) is 5.27. The fourth-order valence-corrected chi connectivity index (χ4v) is 6.78. The Morgan fingerprint density at radius 3 is 2.40 bits per heavy atom. The highest BCUT2D eigenvalue weighted by molar-refractivity contribution is 7.09. The number of thiazole rings is 1. The highest BCUT2D eigenvalue weighted by Gasteiger charge is 2.29. The number of carbonyl (C=O) groups is 3. The first kappa shape index (κ1) is 29.1. The van der Waals surface area contributed by atoms with Crippen LogP contribution in [0.5, 0.6) is 17.2 Å². The van der Waals surface area contributed by atoms with Gasteiger partial charge >= 0.3 is 0 Å². The van der Waals surface area contributed by atoms with Crippen LogP contribution in [0.1, 0.15) is 63.0 Å². The van der Waals surface area contributed by atoms with Crippen LogP contribution in [0.15, 0.2) is 47.8 Å². The Labute approximate surface area is 255 Å². The van der Waals surface area contributed by atoms with E-state index in [1.807, 2.05) is 27.3 Å². The van der Waals surface area contributed by atoms with Crippen LogP contribution in [-0.2, 0) is 11.3 Å². The Morgan fingerprint density at radius 1 is 0.907 bits per heavy atom. The molecule has 2 saturated heterocycles. The third-order valence-corrected chi connectivity index (χ3v) is 9.43. The van der Waals surface area contributed by atoms with Crippen molar-refractivity contribution >= 4 is 28.9 Å². The number of nitrogens with zero attached hydrogens (tertiary/aromatic N) is 4. The molecule has 6 rings (SSSR count). The summed E-state index contributed by atoms with van der Waals surface area (Å²) in [5.74, 6) is 2.45. The Bertz CT molecular complexity index is 1460. The Balaban J connectivity index is 0.934. The van der Waals surface area contributed by atoms with Gasteiger partial charge in [-0.2, -0.15) is 0 Å². The molecule has 1 aromatic heterocycles. The van der Waals surface area contributed by atoms with E-state index in [4.69, 9.17) is 19.2 Å². The zero-order valence-corrected chi connectivity index (χ0v) is 25.1. The monoisotopic (exact) mass is 604 g/mol. The number of hydrogen-bond acceptors (Lipinski definition) is 9. The number of hydrogen-bond donors (Lipinski definition) is 0. The maximum atomic E-state index is 13.2. The first-order valence-electron chi connectivity index (χ1n) is 14.8. The quantitative estimate of drug-likeness (QED) is 0.335. The number of piperidine rings is 1. The van der Waals surface area contributed by atoms with E-state index < -0.39 is 0 Å². The number of carbonyl (C=O) groups excluding carboxylic acids is 3. The number of likely N-dealkylation sites (tertiary alicyclic amines) is 1. The average molecular weight is 605 g/mol. The van der Waals surface area contributed by atoms with E-state index in [-0.39, 0.29) is 43.2 Å². The van der Waals surface area contributed by atoms with Gasteiger partial charge in [0.2, 0.25) is 12.7 Å². The number of ketones is 1. The van der Waals surface area contributed by atoms with Gasteiger partial charge in [0.1, 0.15) is 11.4 Å². The van der Waals surface area contributed by atoms with Crippen LogP contribution in [0, 0.1) is 0 Å². The number of ether oxygens (including phenoxy) is 3. The van der Waals surface area contributed by atoms with Crippen molar-refractivity contribution in [3.8, 4) is 17.2 Å². The van der Waals surface area contributed by atoms with Crippen LogP contribution in [0.25, 0.3) is 0 Å². The molecule has 0 unspecified atom stereocenters. The molecule has 3 aromatic rings. The van der Waals surface area contributed by atoms with Crippen LogP contribution in [0.4, 0.5) is 0 Å². The summed E-state index contributed by atoms with van der Waals surface area (Å²) in [4.78, 5) is 49.3. The zero-order chi connectivity index (χ0) is 29.8. The summed E-state index contributed by atoms with van der Waals surface area (Å²) in [7, 11) is 1.58. The minimum atomic E-state index is -0.0445. The highest BCUT2D eigenvalue weighted by Crippen LogP contribution is 2.33. The van der Waals surface area contributed by atoms with Crippen molar-refractivity contribution in [3.63, 3.8) is 0 Å². The van der Waals surface area contributed by atoms with E-state index in [9.17, 15) is 14.4 Å². The van der Waals surface area contributed by atoms with E-state index in [0.29, 0.717) is 43.2 Å². The number of fused-ring (bicyclic) bond motifs is 1. The lowest BCUT2D eigenvalue weighted by atomic mass is 9.97. The molecule has 226 valence electrons. The number of amides is 2. The molecule has 3 aliphatic rings. The van der Waals surface area contributed by atoms with Crippen molar-refractivity contribution in [2.24, 2.45) is 0 Å². The maximum Gasteiger partial charge on any atom is 0.273 e. The van der Waals surface area contributed by atoms with E-state index in [2.05, 4.69) is 11.0 Å². The standard InChI is InChI=1S/C32H36N4O6S/c1-40-25-5-3-23(4-6-25)27(37)7-9-30(38)35-12-10-24(11-13-35)31-33-26(20-43-31)32(39)36-16-14-34(15-17-36)19-22-2-8-28-29(18-22)42-21-41-28/h2-6,8,18,20,24H,7,9-17,19,21H2,1H3. The molecule has 0 N–H and O–H groups in total. The summed E-state index contributed by atoms with van der Waals surface area (Å²) in [5, 5.41) is 2.84. The predicted molar refractivity (Wildman–Crippen MR) is 161 cm³/mol. The van der Waals surface area contributed by atoms with Crippen molar-refractivity contribution < 1.29 is 28.6 Å². The van der Waals surface area contributed by atoms with Gasteiger partial charge in [-0.1, -0.05) is 6.07 Å². The number of methoxy groups -OCH3 is 1. The number of piperazine rings is 1. The van der Waals surface area contributed by atoms with Crippen LogP contribution >= 0.6 is 11.3 Å². The summed E-state index contributed by atoms with van der Waals surface area (Å²) in [6.07, 6.45) is 2.00. The number of benzene rings is 2. The fourth-order valence-electron chi connectivity index (χ4n) is 5.82. The van der Waals surface area contributed by atoms with Crippen molar-refractivity contribution in [1.82, 2.24) is 19.7 Å². The molecule has 2 fully saturated rings. The second-order valence-electron chi connectivity index (χ2n) is 11.1. The molecule has 0 radical (unpaired) electrons. The minimum Gasteiger partial charge on any atom is -0.497 e. The first-order valence-corrected chi connectivity index (χ1v) is 15.7. The molecule has 0 aliphatic carbocycles. The normalized spacial score (nSPS) is 17.2. The molecular weight excluding hydrogens is 568 g/mol. The van der Waals surface area contributed by atoms with Crippen molar-refractivity contribution in [2.45, 2.75) is 38.1 Å². The maximum absolute atomic E-state index is 13.2. The molecule has 3 aliphatic heterocycles. The van der Waals surface area contributed by atoms with Crippen LogP contribution in [0.3, 0.4) is 0 Å². The Kier molecular flexibility index (Phi) is 8.90. The molecule has 11 heteroatoms. The van der Waals surface area contributed by atoms with Gasteiger partial charge in [0.15, 0.2) is 17.3 Å². The summed E-state index contributed by atoms with van der Waals surface area (Å²) < 4.78 is 16.0. The molecule has 2 amide bonds. The molecule has 0 bridgehead atoms. The summed E-state index contributed by atoms with van der Waals surface area (Å²) in [6, 6.07) is 13.0. The lowest BCUT2D eigenvalue weighted by Gasteiger charge is -2.34. The van der Waals surface area contributed by atoms with Crippen molar-refractivity contribution in [1.29, 1.82) is 0 Å². The number of aromatic nitrogens is 1. The van der Waals surface area contributed by atoms with Gasteiger partial charge in [-0.15, -0.1) is 11.3 Å². The SMILES string of the molecule is COc1ccc(C(=O)CCC(=O)N2CCC(c3nc(C(=O)N4CCN(Cc5ccc6c(c5)OCO6)CC4)cs3)CC2)cc1. The van der Waals surface area contributed by atoms with E-state index in [1.165, 1.54) is 16.9 Å². The van der Waals surface area contributed by atoms with Gasteiger partial charge in [0.25, 0.3) is 5.91 Å². The third kappa shape index (κ3) is 6.83. The molecule has 0 saturated carbocycles. The molecule has 10 nitrogen and oxygen atoms in total. The first-order chi connectivity index (χ1) is 21.0. The Hall–Kier alpha value is -3.96. The second-order valence-corrected chi connectivity index (χ2v) is 12.0. The van der Waals surface area contributed by atoms with Gasteiger partial charge in [-0.3, -0.25) is 19.3 Å². The topological polar surface area (TPSA) is 102 Å². The van der Waals surface area contributed by atoms with Crippen molar-refractivity contribution in [3.05, 3.63) is 69.7 Å². The molecule has 4 heterocycles. The minimum absolute atomic E-state index is 0.00739. The molecular formula is C32H36N4O6S. The van der Waals surface area contributed by atoms with E-state index in [0.717, 1.165) is 49.0 Å².